The third-order valence-corrected chi connectivity index (χ3v) is 9.39. The van der Waals surface area contributed by atoms with Gasteiger partial charge in [-0.25, -0.2) is 16.8 Å². The lowest BCUT2D eigenvalue weighted by Crippen LogP contribution is -2.67. The molecule has 11 heteroatoms. The van der Waals surface area contributed by atoms with Crippen molar-refractivity contribution >= 4 is 25.5 Å². The third-order valence-electron chi connectivity index (χ3n) is 5.96. The summed E-state index contributed by atoms with van der Waals surface area (Å²) in [5.41, 5.74) is 0.399. The van der Waals surface area contributed by atoms with Gasteiger partial charge in [-0.1, -0.05) is 0 Å². The van der Waals surface area contributed by atoms with E-state index < -0.39 is 31.8 Å². The van der Waals surface area contributed by atoms with Gasteiger partial charge >= 0.3 is 0 Å². The van der Waals surface area contributed by atoms with Gasteiger partial charge in [-0.15, -0.1) is 0 Å². The minimum absolute atomic E-state index is 0.0397. The van der Waals surface area contributed by atoms with Gasteiger partial charge in [0.05, 0.1) is 43.8 Å². The fourth-order valence-corrected chi connectivity index (χ4v) is 8.54. The first-order valence-electron chi connectivity index (χ1n) is 9.30. The summed E-state index contributed by atoms with van der Waals surface area (Å²) in [6.45, 7) is -0.0511. The fourth-order valence-electron chi connectivity index (χ4n) is 4.65. The van der Waals surface area contributed by atoms with Crippen molar-refractivity contribution in [1.82, 2.24) is 10.2 Å². The SMILES string of the molecule is COc1ccc(C(=O)CN2[C@@H]3CS(=O)(=O)C[C@@H]3N[C@@H]3CS(=O)(=O)C[C@@H]32)cc1OC. The standard InChI is InChI=1S/C18H24N2O7S2/c1-26-17-4-3-11(5-18(17)27-2)16(21)6-20-14-9-28(22,23)7-12(14)19-13-8-29(24,25)10-15(13)20/h3-5,12-15,19H,6-10H2,1-2H3/t12-,13+,14+,15-. The van der Waals surface area contributed by atoms with Gasteiger partial charge in [0.1, 0.15) is 0 Å². The Morgan fingerprint density at radius 3 is 2.03 bits per heavy atom. The number of Topliss-reactive ketones (excluding diaryl/α,β-unsaturated/α-hetero) is 1. The molecule has 0 amide bonds. The summed E-state index contributed by atoms with van der Waals surface area (Å²) in [6.07, 6.45) is 0. The molecule has 3 aliphatic heterocycles. The highest BCUT2D eigenvalue weighted by molar-refractivity contribution is 7.92. The van der Waals surface area contributed by atoms with Crippen molar-refractivity contribution in [2.45, 2.75) is 24.2 Å². The smallest absolute Gasteiger partial charge is 0.176 e. The number of nitrogens with one attached hydrogen (secondary N) is 1. The monoisotopic (exact) mass is 444 g/mol. The van der Waals surface area contributed by atoms with E-state index in [1.807, 2.05) is 0 Å². The summed E-state index contributed by atoms with van der Waals surface area (Å²) in [5.74, 6) is 0.458. The molecule has 0 radical (unpaired) electrons. The number of hydrogen-bond donors (Lipinski definition) is 1. The average Bonchev–Trinajstić information content (AvgIpc) is 3.13. The lowest BCUT2D eigenvalue weighted by molar-refractivity contribution is 0.0617. The molecule has 0 spiro atoms. The molecule has 160 valence electrons. The average molecular weight is 445 g/mol. The van der Waals surface area contributed by atoms with Crippen LogP contribution in [0.3, 0.4) is 0 Å². The number of benzene rings is 1. The quantitative estimate of drug-likeness (QED) is 0.578. The number of methoxy groups -OCH3 is 2. The van der Waals surface area contributed by atoms with Crippen LogP contribution in [0.1, 0.15) is 10.4 Å². The molecule has 3 saturated heterocycles. The number of rotatable bonds is 5. The molecule has 0 unspecified atom stereocenters. The number of hydrogen-bond acceptors (Lipinski definition) is 9. The first-order chi connectivity index (χ1) is 13.6. The van der Waals surface area contributed by atoms with Crippen molar-refractivity contribution < 1.29 is 31.1 Å². The predicted molar refractivity (Wildman–Crippen MR) is 106 cm³/mol. The second-order valence-corrected chi connectivity index (χ2v) is 12.1. The molecule has 9 nitrogen and oxygen atoms in total. The van der Waals surface area contributed by atoms with Crippen LogP contribution in [0, 0.1) is 0 Å². The number of carbonyl (C=O) groups excluding carboxylic acids is 1. The summed E-state index contributed by atoms with van der Waals surface area (Å²) in [7, 11) is -3.51. The van der Waals surface area contributed by atoms with Gasteiger partial charge < -0.3 is 14.8 Å². The highest BCUT2D eigenvalue weighted by atomic mass is 32.2. The molecule has 3 aliphatic rings. The topological polar surface area (TPSA) is 119 Å². The highest BCUT2D eigenvalue weighted by Gasteiger charge is 2.54. The second kappa shape index (κ2) is 7.22. The van der Waals surface area contributed by atoms with Gasteiger partial charge in [0, 0.05) is 29.7 Å². The molecule has 3 heterocycles. The number of carbonyl (C=O) groups is 1. The number of ether oxygens (including phenoxy) is 2. The molecule has 1 N–H and O–H groups in total. The van der Waals surface area contributed by atoms with Crippen molar-refractivity contribution in [3.05, 3.63) is 23.8 Å². The third kappa shape index (κ3) is 3.88. The van der Waals surface area contributed by atoms with Crippen LogP contribution >= 0.6 is 0 Å². The summed E-state index contributed by atoms with van der Waals surface area (Å²) in [5, 5.41) is 3.22. The van der Waals surface area contributed by atoms with E-state index in [0.29, 0.717) is 17.1 Å². The second-order valence-electron chi connectivity index (χ2n) is 7.83. The molecule has 4 rings (SSSR count). The molecule has 29 heavy (non-hydrogen) atoms. The van der Waals surface area contributed by atoms with Crippen molar-refractivity contribution in [2.24, 2.45) is 0 Å². The minimum Gasteiger partial charge on any atom is -0.493 e. The number of fused-ring (bicyclic) bond motifs is 2. The largest absolute Gasteiger partial charge is 0.493 e. The van der Waals surface area contributed by atoms with E-state index in [4.69, 9.17) is 9.47 Å². The summed E-state index contributed by atoms with van der Waals surface area (Å²) in [4.78, 5) is 14.8. The molecular formula is C18H24N2O7S2. The molecule has 0 aromatic heterocycles. The lowest BCUT2D eigenvalue weighted by Gasteiger charge is -2.44. The predicted octanol–water partition coefficient (Wildman–Crippen LogP) is -0.877. The Labute approximate surface area is 170 Å². The minimum atomic E-state index is -3.24. The van der Waals surface area contributed by atoms with E-state index in [0.717, 1.165) is 0 Å². The molecule has 0 aliphatic carbocycles. The summed E-state index contributed by atoms with van der Waals surface area (Å²) >= 11 is 0. The van der Waals surface area contributed by atoms with Crippen LogP contribution in [0.4, 0.5) is 0 Å². The molecule has 3 fully saturated rings. The molecule has 1 aromatic rings. The van der Waals surface area contributed by atoms with Crippen LogP contribution in [-0.2, 0) is 19.7 Å². The van der Waals surface area contributed by atoms with Gasteiger partial charge in [0.15, 0.2) is 37.0 Å². The summed E-state index contributed by atoms with van der Waals surface area (Å²) in [6, 6.07) is 3.26. The number of nitrogens with zero attached hydrogens (tertiary/aromatic N) is 1. The van der Waals surface area contributed by atoms with Gasteiger partial charge in [0.25, 0.3) is 0 Å². The number of ketones is 1. The van der Waals surface area contributed by atoms with Crippen LogP contribution in [0.25, 0.3) is 0 Å². The van der Waals surface area contributed by atoms with Gasteiger partial charge in [0.2, 0.25) is 0 Å². The first-order valence-corrected chi connectivity index (χ1v) is 12.9. The van der Waals surface area contributed by atoms with E-state index in [1.54, 1.807) is 23.1 Å². The zero-order valence-corrected chi connectivity index (χ0v) is 17.8. The van der Waals surface area contributed by atoms with Crippen LogP contribution in [0.5, 0.6) is 11.5 Å². The zero-order chi connectivity index (χ0) is 21.0. The first kappa shape index (κ1) is 20.6. The van der Waals surface area contributed by atoms with E-state index >= 15 is 0 Å². The fraction of sp³-hybridized carbons (Fsp3) is 0.611. The maximum atomic E-state index is 13.0. The Hall–Kier alpha value is -1.69. The van der Waals surface area contributed by atoms with Gasteiger partial charge in [-0.05, 0) is 18.2 Å². The Balaban J connectivity index is 1.63. The zero-order valence-electron chi connectivity index (χ0n) is 16.2. The van der Waals surface area contributed by atoms with E-state index in [9.17, 15) is 21.6 Å². The maximum absolute atomic E-state index is 13.0. The summed E-state index contributed by atoms with van der Waals surface area (Å²) < 4.78 is 59.2. The lowest BCUT2D eigenvalue weighted by atomic mass is 9.96. The molecule has 1 aromatic carbocycles. The van der Waals surface area contributed by atoms with Crippen molar-refractivity contribution in [3.63, 3.8) is 0 Å². The Morgan fingerprint density at radius 2 is 1.52 bits per heavy atom. The van der Waals surface area contributed by atoms with Crippen LogP contribution < -0.4 is 14.8 Å². The van der Waals surface area contributed by atoms with Crippen LogP contribution in [-0.4, -0.2) is 95.5 Å². The van der Waals surface area contributed by atoms with Gasteiger partial charge in [-0.3, -0.25) is 9.69 Å². The Kier molecular flexibility index (Phi) is 5.12. The molecular weight excluding hydrogens is 420 g/mol. The Morgan fingerprint density at radius 1 is 0.966 bits per heavy atom. The number of sulfone groups is 2. The van der Waals surface area contributed by atoms with Crippen molar-refractivity contribution in [3.8, 4) is 11.5 Å². The molecule has 4 atom stereocenters. The Bertz CT molecular complexity index is 990. The van der Waals surface area contributed by atoms with E-state index in [1.165, 1.54) is 14.2 Å². The van der Waals surface area contributed by atoms with Crippen LogP contribution in [0.15, 0.2) is 18.2 Å². The normalized spacial score (nSPS) is 32.3. The van der Waals surface area contributed by atoms with Crippen LogP contribution in [0.2, 0.25) is 0 Å². The van der Waals surface area contributed by atoms with E-state index in [-0.39, 0.29) is 47.4 Å². The van der Waals surface area contributed by atoms with E-state index in [2.05, 4.69) is 5.32 Å². The molecule has 0 saturated carbocycles. The van der Waals surface area contributed by atoms with Crippen molar-refractivity contribution in [1.29, 1.82) is 0 Å². The number of piperazine rings is 1. The highest BCUT2D eigenvalue weighted by Crippen LogP contribution is 2.32. The molecule has 0 bridgehead atoms. The maximum Gasteiger partial charge on any atom is 0.176 e. The van der Waals surface area contributed by atoms with Gasteiger partial charge in [-0.2, -0.15) is 0 Å². The van der Waals surface area contributed by atoms with Crippen molar-refractivity contribution in [2.75, 3.05) is 43.8 Å².